The fourth-order valence-corrected chi connectivity index (χ4v) is 5.01. The molecule has 1 saturated carbocycles. The van der Waals surface area contributed by atoms with E-state index in [2.05, 4.69) is 10.3 Å². The summed E-state index contributed by atoms with van der Waals surface area (Å²) in [5.74, 6) is -0.212. The average molecular weight is 526 g/mol. The van der Waals surface area contributed by atoms with Gasteiger partial charge in [0.15, 0.2) is 0 Å². The van der Waals surface area contributed by atoms with Crippen molar-refractivity contribution in [2.45, 2.75) is 50.2 Å². The summed E-state index contributed by atoms with van der Waals surface area (Å²) in [4.78, 5) is 14.1. The lowest BCUT2D eigenvalue weighted by Crippen LogP contribution is -2.43. The largest absolute Gasteiger partial charge is 0.464 e. The van der Waals surface area contributed by atoms with E-state index in [1.165, 1.54) is 0 Å². The molecule has 2 aliphatic rings. The van der Waals surface area contributed by atoms with Gasteiger partial charge < -0.3 is 19.7 Å². The Morgan fingerprint density at radius 2 is 1.94 bits per heavy atom. The number of hydrogen-bond donors (Lipinski definition) is 3. The van der Waals surface area contributed by atoms with Crippen LogP contribution in [0.4, 0.5) is 5.69 Å². The molecule has 202 valence electrons. The van der Waals surface area contributed by atoms with Crippen molar-refractivity contribution >= 4 is 21.7 Å². The Balaban J connectivity index is 1.36. The second kappa shape index (κ2) is 13.5. The second-order valence-corrected chi connectivity index (χ2v) is 11.2. The zero-order valence-electron chi connectivity index (χ0n) is 21.0. The smallest absolute Gasteiger partial charge is 0.305 e. The molecule has 1 unspecified atom stereocenters. The highest BCUT2D eigenvalue weighted by molar-refractivity contribution is 7.92. The van der Waals surface area contributed by atoms with Crippen LogP contribution < -0.4 is 9.84 Å². The van der Waals surface area contributed by atoms with Crippen LogP contribution in [0.2, 0.25) is 0 Å². The van der Waals surface area contributed by atoms with Gasteiger partial charge in [0.1, 0.15) is 12.7 Å². The Kier molecular flexibility index (Phi) is 10.7. The van der Waals surface area contributed by atoms with Gasteiger partial charge in [-0.2, -0.15) is 0 Å². The first kappa shape index (κ1) is 28.5. The van der Waals surface area contributed by atoms with Crippen LogP contribution in [-0.2, 0) is 24.3 Å². The molecule has 10 nitrogen and oxygen atoms in total. The molecule has 0 amide bonds. The molecule has 1 aliphatic carbocycles. The third-order valence-corrected chi connectivity index (χ3v) is 7.55. The number of benzene rings is 1. The van der Waals surface area contributed by atoms with Crippen molar-refractivity contribution in [2.24, 2.45) is 0 Å². The van der Waals surface area contributed by atoms with Crippen LogP contribution in [0.25, 0.3) is 0 Å². The van der Waals surface area contributed by atoms with Gasteiger partial charge in [-0.1, -0.05) is 24.3 Å². The zero-order chi connectivity index (χ0) is 26.0. The number of carbonyl (C=O) groups excluding carboxylic acids is 1. The van der Waals surface area contributed by atoms with Gasteiger partial charge in [-0.15, -0.1) is 0 Å². The topological polar surface area (TPSA) is 129 Å². The Morgan fingerprint density at radius 3 is 2.56 bits per heavy atom. The van der Waals surface area contributed by atoms with E-state index in [1.54, 1.807) is 24.3 Å². The van der Waals surface area contributed by atoms with Gasteiger partial charge in [0.2, 0.25) is 10.0 Å². The highest BCUT2D eigenvalue weighted by Crippen LogP contribution is 2.42. The molecule has 1 aromatic rings. The number of morpholine rings is 1. The maximum Gasteiger partial charge on any atom is 0.305 e. The molecular formula is C25H39N3O7S. The summed E-state index contributed by atoms with van der Waals surface area (Å²) >= 11 is 0. The standard InChI is InChI=1S/C25H39N3O7S/c1-36(32,33)28(22-10-8-21(9-11-22)24(30)25(31)12-6-13-25)26-14-5-3-2-4-7-23(29)35-20-17-27-15-18-34-19-16-27/h3,5,8-11,24,26,30-31H,2,4,6-7,12-20H2,1H3/b5-3+. The fourth-order valence-electron chi connectivity index (χ4n) is 4.20. The second-order valence-electron chi connectivity index (χ2n) is 9.38. The first-order chi connectivity index (χ1) is 17.2. The van der Waals surface area contributed by atoms with Crippen LogP contribution in [0.3, 0.4) is 0 Å². The zero-order valence-corrected chi connectivity index (χ0v) is 21.8. The maximum absolute atomic E-state index is 12.3. The number of hydrogen-bond acceptors (Lipinski definition) is 9. The van der Waals surface area contributed by atoms with Crippen molar-refractivity contribution in [1.29, 1.82) is 0 Å². The van der Waals surface area contributed by atoms with Crippen LogP contribution in [0.15, 0.2) is 36.4 Å². The molecule has 0 bridgehead atoms. The van der Waals surface area contributed by atoms with E-state index in [1.807, 2.05) is 12.2 Å². The van der Waals surface area contributed by atoms with E-state index < -0.39 is 21.7 Å². The van der Waals surface area contributed by atoms with Crippen molar-refractivity contribution < 1.29 is 32.9 Å². The van der Waals surface area contributed by atoms with E-state index in [0.717, 1.165) is 49.9 Å². The van der Waals surface area contributed by atoms with E-state index >= 15 is 0 Å². The fraction of sp³-hybridized carbons (Fsp3) is 0.640. The monoisotopic (exact) mass is 525 g/mol. The predicted molar refractivity (Wildman–Crippen MR) is 137 cm³/mol. The summed E-state index contributed by atoms with van der Waals surface area (Å²) < 4.78 is 36.2. The Morgan fingerprint density at radius 1 is 1.25 bits per heavy atom. The number of hydrazine groups is 1. The third kappa shape index (κ3) is 8.53. The number of esters is 1. The van der Waals surface area contributed by atoms with E-state index in [-0.39, 0.29) is 12.5 Å². The van der Waals surface area contributed by atoms with Gasteiger partial charge in [0.05, 0.1) is 30.8 Å². The number of nitrogens with one attached hydrogen (secondary N) is 1. The van der Waals surface area contributed by atoms with Gasteiger partial charge in [-0.25, -0.2) is 18.3 Å². The number of ether oxygens (including phenoxy) is 2. The Hall–Kier alpha value is -2.02. The van der Waals surface area contributed by atoms with Crippen molar-refractivity contribution in [1.82, 2.24) is 10.3 Å². The molecule has 1 saturated heterocycles. The molecule has 36 heavy (non-hydrogen) atoms. The number of sulfonamides is 1. The number of rotatable bonds is 14. The molecule has 0 radical (unpaired) electrons. The third-order valence-electron chi connectivity index (χ3n) is 6.55. The minimum absolute atomic E-state index is 0.212. The number of aliphatic hydroxyl groups is 2. The molecule has 2 fully saturated rings. The van der Waals surface area contributed by atoms with Crippen molar-refractivity contribution in [3.05, 3.63) is 42.0 Å². The highest BCUT2D eigenvalue weighted by Gasteiger charge is 2.42. The number of carbonyl (C=O) groups is 1. The minimum atomic E-state index is -3.59. The van der Waals surface area contributed by atoms with Crippen molar-refractivity contribution in [3.8, 4) is 0 Å². The van der Waals surface area contributed by atoms with Crippen molar-refractivity contribution in [3.63, 3.8) is 0 Å². The summed E-state index contributed by atoms with van der Waals surface area (Å²) in [7, 11) is -3.59. The predicted octanol–water partition coefficient (Wildman–Crippen LogP) is 1.51. The van der Waals surface area contributed by atoms with Crippen LogP contribution in [0.1, 0.15) is 50.2 Å². The molecule has 11 heteroatoms. The average Bonchev–Trinajstić information content (AvgIpc) is 2.84. The number of nitrogens with zero attached hydrogens (tertiary/aromatic N) is 2. The normalized spacial score (nSPS) is 19.1. The lowest BCUT2D eigenvalue weighted by atomic mass is 9.74. The van der Waals surface area contributed by atoms with Gasteiger partial charge >= 0.3 is 5.97 Å². The molecule has 1 heterocycles. The lowest BCUT2D eigenvalue weighted by Gasteiger charge is -2.40. The van der Waals surface area contributed by atoms with E-state index in [9.17, 15) is 23.4 Å². The SMILES string of the molecule is CS(=O)(=O)N(NC/C=C/CCCC(=O)OCCN1CCOCC1)c1ccc(C(O)C2(O)CCC2)cc1. The quantitative estimate of drug-likeness (QED) is 0.143. The summed E-state index contributed by atoms with van der Waals surface area (Å²) in [5, 5.41) is 20.8. The molecule has 0 aromatic heterocycles. The molecule has 1 aliphatic heterocycles. The summed E-state index contributed by atoms with van der Waals surface area (Å²) in [6, 6.07) is 6.46. The van der Waals surface area contributed by atoms with Gasteiger partial charge in [0, 0.05) is 32.6 Å². The molecule has 1 aromatic carbocycles. The van der Waals surface area contributed by atoms with Gasteiger partial charge in [-0.05, 0) is 49.8 Å². The molecule has 0 spiro atoms. The van der Waals surface area contributed by atoms with Gasteiger partial charge in [-0.3, -0.25) is 9.69 Å². The van der Waals surface area contributed by atoms with E-state index in [4.69, 9.17) is 9.47 Å². The van der Waals surface area contributed by atoms with Crippen LogP contribution in [0, 0.1) is 0 Å². The lowest BCUT2D eigenvalue weighted by molar-refractivity contribution is -0.144. The molecular weight excluding hydrogens is 486 g/mol. The van der Waals surface area contributed by atoms with Crippen LogP contribution in [0.5, 0.6) is 0 Å². The minimum Gasteiger partial charge on any atom is -0.464 e. The first-order valence-electron chi connectivity index (χ1n) is 12.5. The Labute approximate surface area is 213 Å². The highest BCUT2D eigenvalue weighted by atomic mass is 32.2. The van der Waals surface area contributed by atoms with Crippen molar-refractivity contribution in [2.75, 3.05) is 56.7 Å². The number of aliphatic hydroxyl groups excluding tert-OH is 1. The molecule has 1 atom stereocenters. The molecule has 3 N–H and O–H groups in total. The summed E-state index contributed by atoms with van der Waals surface area (Å²) in [5.41, 5.74) is 2.74. The summed E-state index contributed by atoms with van der Waals surface area (Å²) in [6.45, 7) is 4.57. The summed E-state index contributed by atoms with van der Waals surface area (Å²) in [6.07, 6.45) is 7.46. The molecule has 3 rings (SSSR count). The number of anilines is 1. The Bertz CT molecular complexity index is 958. The number of allylic oxidation sites excluding steroid dienone is 1. The first-order valence-corrected chi connectivity index (χ1v) is 14.4. The van der Waals surface area contributed by atoms with Crippen LogP contribution in [-0.4, -0.2) is 87.4 Å². The number of unbranched alkanes of at least 4 members (excludes halogenated alkanes) is 1. The maximum atomic E-state index is 12.3. The van der Waals surface area contributed by atoms with Gasteiger partial charge in [0.25, 0.3) is 0 Å². The van der Waals surface area contributed by atoms with Crippen LogP contribution >= 0.6 is 0 Å². The van der Waals surface area contributed by atoms with E-state index in [0.29, 0.717) is 50.0 Å².